The van der Waals surface area contributed by atoms with Crippen LogP contribution in [0.4, 0.5) is 0 Å². The van der Waals surface area contributed by atoms with Gasteiger partial charge in [-0.1, -0.05) is 6.92 Å². The van der Waals surface area contributed by atoms with Crippen LogP contribution in [0, 0.1) is 12.3 Å². The molecule has 1 unspecified atom stereocenters. The zero-order valence-electron chi connectivity index (χ0n) is 8.26. The fraction of sp³-hybridized carbons (Fsp3) is 0.700. The summed E-state index contributed by atoms with van der Waals surface area (Å²) >= 11 is 0. The molecule has 0 aromatic rings. The molecule has 3 nitrogen and oxygen atoms in total. The highest BCUT2D eigenvalue weighted by atomic mass is 16.3. The van der Waals surface area contributed by atoms with Gasteiger partial charge in [0.25, 0.3) is 0 Å². The predicted molar refractivity (Wildman–Crippen MR) is 52.0 cm³/mol. The van der Waals surface area contributed by atoms with E-state index in [4.69, 9.17) is 6.42 Å². The maximum absolute atomic E-state index is 11.0. The van der Waals surface area contributed by atoms with Gasteiger partial charge in [0.05, 0.1) is 5.60 Å². The van der Waals surface area contributed by atoms with Gasteiger partial charge < -0.3 is 10.4 Å². The van der Waals surface area contributed by atoms with Crippen LogP contribution in [0.25, 0.3) is 0 Å². The summed E-state index contributed by atoms with van der Waals surface area (Å²) in [4.78, 5) is 11.0. The number of rotatable bonds is 5. The molecule has 0 bridgehead atoms. The van der Waals surface area contributed by atoms with Crippen LogP contribution >= 0.6 is 0 Å². The molecule has 0 aliphatic carbocycles. The highest BCUT2D eigenvalue weighted by molar-refractivity contribution is 5.76. The first-order valence-electron chi connectivity index (χ1n) is 4.44. The van der Waals surface area contributed by atoms with Gasteiger partial charge in [0.1, 0.15) is 0 Å². The molecular formula is C10H17NO2. The van der Waals surface area contributed by atoms with E-state index in [0.29, 0.717) is 19.3 Å². The molecule has 0 heterocycles. The quantitative estimate of drug-likeness (QED) is 0.616. The SMILES string of the molecule is C#CCCC(=O)NCC(C)(O)CC. The van der Waals surface area contributed by atoms with Crippen molar-refractivity contribution in [1.82, 2.24) is 5.32 Å². The minimum Gasteiger partial charge on any atom is -0.388 e. The van der Waals surface area contributed by atoms with Crippen molar-refractivity contribution in [1.29, 1.82) is 0 Å². The molecule has 1 amide bonds. The molecule has 0 spiro atoms. The number of terminal acetylenes is 1. The van der Waals surface area contributed by atoms with Crippen LogP contribution in [0.15, 0.2) is 0 Å². The Morgan fingerprint density at radius 1 is 1.69 bits per heavy atom. The van der Waals surface area contributed by atoms with Crippen LogP contribution in [0.3, 0.4) is 0 Å². The fourth-order valence-corrected chi connectivity index (χ4v) is 0.688. The summed E-state index contributed by atoms with van der Waals surface area (Å²) in [5.41, 5.74) is -0.814. The molecule has 3 heteroatoms. The van der Waals surface area contributed by atoms with E-state index in [2.05, 4.69) is 11.2 Å². The number of hydrogen-bond donors (Lipinski definition) is 2. The zero-order chi connectivity index (χ0) is 10.3. The fourth-order valence-electron chi connectivity index (χ4n) is 0.688. The van der Waals surface area contributed by atoms with Crippen molar-refractivity contribution in [3.05, 3.63) is 0 Å². The third-order valence-corrected chi connectivity index (χ3v) is 1.92. The van der Waals surface area contributed by atoms with E-state index in [9.17, 15) is 9.90 Å². The van der Waals surface area contributed by atoms with E-state index >= 15 is 0 Å². The Morgan fingerprint density at radius 2 is 2.31 bits per heavy atom. The molecule has 2 N–H and O–H groups in total. The Hall–Kier alpha value is -1.01. The Bertz CT molecular complexity index is 203. The molecule has 0 saturated carbocycles. The van der Waals surface area contributed by atoms with E-state index in [-0.39, 0.29) is 12.5 Å². The van der Waals surface area contributed by atoms with Crippen LogP contribution in [0.5, 0.6) is 0 Å². The van der Waals surface area contributed by atoms with Gasteiger partial charge in [-0.3, -0.25) is 4.79 Å². The smallest absolute Gasteiger partial charge is 0.221 e. The van der Waals surface area contributed by atoms with E-state index in [1.807, 2.05) is 6.92 Å². The van der Waals surface area contributed by atoms with Crippen molar-refractivity contribution in [2.75, 3.05) is 6.54 Å². The van der Waals surface area contributed by atoms with Gasteiger partial charge in [0.2, 0.25) is 5.91 Å². The minimum absolute atomic E-state index is 0.105. The van der Waals surface area contributed by atoms with E-state index in [0.717, 1.165) is 0 Å². The number of carbonyl (C=O) groups excluding carboxylic acids is 1. The summed E-state index contributed by atoms with van der Waals surface area (Å²) in [6.07, 6.45) is 6.39. The largest absolute Gasteiger partial charge is 0.388 e. The van der Waals surface area contributed by atoms with Crippen LogP contribution in [0.2, 0.25) is 0 Å². The molecule has 0 rings (SSSR count). The second-order valence-electron chi connectivity index (χ2n) is 3.33. The summed E-state index contributed by atoms with van der Waals surface area (Å²) in [5, 5.41) is 12.2. The molecular weight excluding hydrogens is 166 g/mol. The van der Waals surface area contributed by atoms with Gasteiger partial charge in [0.15, 0.2) is 0 Å². The first kappa shape index (κ1) is 12.0. The average molecular weight is 183 g/mol. The van der Waals surface area contributed by atoms with Crippen LogP contribution in [0.1, 0.15) is 33.1 Å². The van der Waals surface area contributed by atoms with Crippen molar-refractivity contribution >= 4 is 5.91 Å². The van der Waals surface area contributed by atoms with Crippen molar-refractivity contribution < 1.29 is 9.90 Å². The molecule has 1 atom stereocenters. The van der Waals surface area contributed by atoms with Gasteiger partial charge in [-0.15, -0.1) is 12.3 Å². The second kappa shape index (κ2) is 5.60. The molecule has 0 radical (unpaired) electrons. The van der Waals surface area contributed by atoms with E-state index < -0.39 is 5.60 Å². The molecule has 0 aromatic carbocycles. The lowest BCUT2D eigenvalue weighted by molar-refractivity contribution is -0.122. The van der Waals surface area contributed by atoms with Crippen molar-refractivity contribution in [2.24, 2.45) is 0 Å². The molecule has 0 aromatic heterocycles. The lowest BCUT2D eigenvalue weighted by Gasteiger charge is -2.21. The standard InChI is InChI=1S/C10H17NO2/c1-4-6-7-9(12)11-8-10(3,13)5-2/h1,13H,5-8H2,2-3H3,(H,11,12). The third kappa shape index (κ3) is 6.18. The van der Waals surface area contributed by atoms with Gasteiger partial charge in [-0.25, -0.2) is 0 Å². The number of nitrogens with one attached hydrogen (secondary N) is 1. The van der Waals surface area contributed by atoms with Gasteiger partial charge in [-0.2, -0.15) is 0 Å². The second-order valence-corrected chi connectivity index (χ2v) is 3.33. The van der Waals surface area contributed by atoms with Gasteiger partial charge in [0, 0.05) is 19.4 Å². The lowest BCUT2D eigenvalue weighted by atomic mass is 10.0. The number of aliphatic hydroxyl groups is 1. The normalized spacial score (nSPS) is 14.3. The van der Waals surface area contributed by atoms with Gasteiger partial charge in [-0.05, 0) is 13.3 Å². The topological polar surface area (TPSA) is 49.3 Å². The summed E-state index contributed by atoms with van der Waals surface area (Å²) in [7, 11) is 0. The van der Waals surface area contributed by atoms with Crippen LogP contribution < -0.4 is 5.32 Å². The summed E-state index contributed by atoms with van der Waals surface area (Å²) in [5.74, 6) is 2.28. The summed E-state index contributed by atoms with van der Waals surface area (Å²) in [6.45, 7) is 3.84. The van der Waals surface area contributed by atoms with Crippen molar-refractivity contribution in [2.45, 2.75) is 38.7 Å². The Labute approximate surface area is 79.5 Å². The molecule has 0 aliphatic rings. The predicted octanol–water partition coefficient (Wildman–Crippen LogP) is 0.677. The first-order chi connectivity index (χ1) is 6.02. The summed E-state index contributed by atoms with van der Waals surface area (Å²) in [6, 6.07) is 0. The molecule has 0 aliphatic heterocycles. The zero-order valence-corrected chi connectivity index (χ0v) is 8.26. The lowest BCUT2D eigenvalue weighted by Crippen LogP contribution is -2.39. The van der Waals surface area contributed by atoms with Crippen LogP contribution in [-0.4, -0.2) is 23.2 Å². The first-order valence-corrected chi connectivity index (χ1v) is 4.44. The van der Waals surface area contributed by atoms with Crippen LogP contribution in [-0.2, 0) is 4.79 Å². The third-order valence-electron chi connectivity index (χ3n) is 1.92. The highest BCUT2D eigenvalue weighted by Crippen LogP contribution is 2.05. The maximum atomic E-state index is 11.0. The Morgan fingerprint density at radius 3 is 2.77 bits per heavy atom. The molecule has 13 heavy (non-hydrogen) atoms. The Kier molecular flexibility index (Phi) is 5.17. The van der Waals surface area contributed by atoms with Crippen molar-refractivity contribution in [3.63, 3.8) is 0 Å². The number of amides is 1. The van der Waals surface area contributed by atoms with Gasteiger partial charge >= 0.3 is 0 Å². The number of hydrogen-bond acceptors (Lipinski definition) is 2. The Balaban J connectivity index is 3.65. The average Bonchev–Trinajstić information content (AvgIpc) is 2.11. The van der Waals surface area contributed by atoms with E-state index in [1.165, 1.54) is 0 Å². The molecule has 0 saturated heterocycles. The monoisotopic (exact) mass is 183 g/mol. The van der Waals surface area contributed by atoms with Crippen molar-refractivity contribution in [3.8, 4) is 12.3 Å². The van der Waals surface area contributed by atoms with E-state index in [1.54, 1.807) is 6.92 Å². The number of carbonyl (C=O) groups is 1. The molecule has 74 valence electrons. The minimum atomic E-state index is -0.814. The summed E-state index contributed by atoms with van der Waals surface area (Å²) < 4.78 is 0. The maximum Gasteiger partial charge on any atom is 0.221 e. The molecule has 0 fully saturated rings. The highest BCUT2D eigenvalue weighted by Gasteiger charge is 2.17.